The fraction of sp³-hybridized carbons (Fsp3) is 0. The molecule has 116 valence electrons. The summed E-state index contributed by atoms with van der Waals surface area (Å²) in [6.07, 6.45) is 0. The summed E-state index contributed by atoms with van der Waals surface area (Å²) in [5.74, 6) is -3.74. The largest absolute Gasteiger partial charge is 0.505 e. The number of hydrogen-bond donors (Lipinski definition) is 3. The molecule has 3 N–H and O–H groups in total. The predicted octanol–water partition coefficient (Wildman–Crippen LogP) is 3.16. The van der Waals surface area contributed by atoms with Gasteiger partial charge in [-0.2, -0.15) is 0 Å². The molecule has 2 rings (SSSR count). The lowest BCUT2D eigenvalue weighted by Gasteiger charge is -2.10. The summed E-state index contributed by atoms with van der Waals surface area (Å²) in [6, 6.07) is 4.47. The summed E-state index contributed by atoms with van der Waals surface area (Å²) < 4.78 is 40.6. The first-order valence-corrected chi connectivity index (χ1v) is 7.21. The molecule has 5 nitrogen and oxygen atoms in total. The fourth-order valence-electron chi connectivity index (χ4n) is 1.57. The van der Waals surface area contributed by atoms with Crippen molar-refractivity contribution in [2.24, 2.45) is 0 Å². The van der Waals surface area contributed by atoms with Gasteiger partial charge in [0.2, 0.25) is 0 Å². The Kier molecular flexibility index (Phi) is 4.62. The number of halogens is 3. The Morgan fingerprint density at radius 2 is 1.91 bits per heavy atom. The number of carboxylic acid groups (broad SMARTS) is 1. The summed E-state index contributed by atoms with van der Waals surface area (Å²) in [7, 11) is -2.21. The number of anilines is 1. The van der Waals surface area contributed by atoms with E-state index >= 15 is 0 Å². The van der Waals surface area contributed by atoms with Gasteiger partial charge in [0.05, 0.1) is 16.3 Å². The standard InChI is InChI=1S/C13H8ClF2NO4S/c14-8-3-6(13(19)20)4-11(12(8)18)22(21)17-10-2-1-7(15)5-9(10)16/h1-5,17-18H,(H,19,20). The summed E-state index contributed by atoms with van der Waals surface area (Å²) in [5, 5.41) is 18.3. The molecule has 0 fully saturated rings. The molecular weight excluding hydrogens is 340 g/mol. The van der Waals surface area contributed by atoms with Gasteiger partial charge in [-0.15, -0.1) is 0 Å². The minimum absolute atomic E-state index is 0.281. The zero-order valence-corrected chi connectivity index (χ0v) is 12.2. The van der Waals surface area contributed by atoms with Crippen molar-refractivity contribution < 1.29 is 28.0 Å². The number of aromatic carboxylic acids is 1. The molecule has 0 aliphatic heterocycles. The molecule has 2 aromatic carbocycles. The number of carbonyl (C=O) groups is 1. The van der Waals surface area contributed by atoms with E-state index in [4.69, 9.17) is 16.7 Å². The monoisotopic (exact) mass is 347 g/mol. The van der Waals surface area contributed by atoms with Crippen LogP contribution in [0.25, 0.3) is 0 Å². The van der Waals surface area contributed by atoms with Crippen LogP contribution in [0.3, 0.4) is 0 Å². The Balaban J connectivity index is 2.39. The van der Waals surface area contributed by atoms with Crippen molar-refractivity contribution in [2.45, 2.75) is 4.90 Å². The quantitative estimate of drug-likeness (QED) is 0.793. The summed E-state index contributed by atoms with van der Waals surface area (Å²) in [4.78, 5) is 10.6. The Bertz CT molecular complexity index is 785. The van der Waals surface area contributed by atoms with E-state index in [1.165, 1.54) is 0 Å². The van der Waals surface area contributed by atoms with Crippen molar-refractivity contribution in [2.75, 3.05) is 4.72 Å². The third-order valence-electron chi connectivity index (χ3n) is 2.61. The van der Waals surface area contributed by atoms with Crippen LogP contribution < -0.4 is 4.72 Å². The fourth-order valence-corrected chi connectivity index (χ4v) is 2.84. The molecule has 0 amide bonds. The van der Waals surface area contributed by atoms with Crippen LogP contribution >= 0.6 is 11.6 Å². The number of hydrogen-bond acceptors (Lipinski definition) is 3. The van der Waals surface area contributed by atoms with E-state index in [9.17, 15) is 22.9 Å². The predicted molar refractivity (Wildman–Crippen MR) is 76.5 cm³/mol. The van der Waals surface area contributed by atoms with Gasteiger partial charge in [0.25, 0.3) is 0 Å². The molecule has 0 radical (unpaired) electrons. The van der Waals surface area contributed by atoms with Crippen molar-refractivity contribution in [3.8, 4) is 5.75 Å². The van der Waals surface area contributed by atoms with E-state index in [0.717, 1.165) is 24.3 Å². The summed E-state index contributed by atoms with van der Waals surface area (Å²) in [5.41, 5.74) is -0.580. The van der Waals surface area contributed by atoms with Crippen LogP contribution in [0, 0.1) is 11.6 Å². The molecule has 22 heavy (non-hydrogen) atoms. The average Bonchev–Trinajstić information content (AvgIpc) is 2.44. The minimum atomic E-state index is -2.21. The zero-order chi connectivity index (χ0) is 16.4. The molecule has 9 heteroatoms. The van der Waals surface area contributed by atoms with E-state index in [1.807, 2.05) is 0 Å². The maximum Gasteiger partial charge on any atom is 0.335 e. The topological polar surface area (TPSA) is 86.6 Å². The number of carboxylic acids is 1. The van der Waals surface area contributed by atoms with Gasteiger partial charge in [-0.05, 0) is 24.3 Å². The maximum absolute atomic E-state index is 13.5. The number of aromatic hydroxyl groups is 1. The van der Waals surface area contributed by atoms with E-state index < -0.39 is 34.3 Å². The van der Waals surface area contributed by atoms with Crippen LogP contribution in [-0.2, 0) is 11.0 Å². The second kappa shape index (κ2) is 6.29. The minimum Gasteiger partial charge on any atom is -0.505 e. The lowest BCUT2D eigenvalue weighted by molar-refractivity contribution is 0.0696. The van der Waals surface area contributed by atoms with Gasteiger partial charge < -0.3 is 10.2 Å². The third kappa shape index (κ3) is 3.34. The first-order valence-electron chi connectivity index (χ1n) is 5.69. The Hall–Kier alpha value is -2.19. The van der Waals surface area contributed by atoms with Crippen LogP contribution in [0.5, 0.6) is 5.75 Å². The smallest absolute Gasteiger partial charge is 0.335 e. The van der Waals surface area contributed by atoms with Gasteiger partial charge in [-0.1, -0.05) is 11.6 Å². The normalized spacial score (nSPS) is 12.0. The van der Waals surface area contributed by atoms with E-state index in [0.29, 0.717) is 6.07 Å². The lowest BCUT2D eigenvalue weighted by Crippen LogP contribution is -2.08. The van der Waals surface area contributed by atoms with E-state index in [1.54, 1.807) is 0 Å². The van der Waals surface area contributed by atoms with Gasteiger partial charge in [-0.25, -0.2) is 17.8 Å². The highest BCUT2D eigenvalue weighted by Gasteiger charge is 2.18. The first kappa shape index (κ1) is 16.2. The summed E-state index contributed by atoms with van der Waals surface area (Å²) >= 11 is 5.66. The number of phenols is 1. The van der Waals surface area contributed by atoms with Crippen molar-refractivity contribution in [3.05, 3.63) is 52.6 Å². The molecule has 0 aliphatic carbocycles. The second-order valence-electron chi connectivity index (χ2n) is 4.10. The molecule has 1 atom stereocenters. The molecule has 0 aromatic heterocycles. The van der Waals surface area contributed by atoms with E-state index in [2.05, 4.69) is 4.72 Å². The highest BCUT2D eigenvalue weighted by molar-refractivity contribution is 7.86. The number of benzene rings is 2. The van der Waals surface area contributed by atoms with Gasteiger partial charge in [0, 0.05) is 6.07 Å². The SMILES string of the molecule is O=C(O)c1cc(Cl)c(O)c(S(=O)Nc2ccc(F)cc2F)c1. The molecule has 0 bridgehead atoms. The van der Waals surface area contributed by atoms with Crippen molar-refractivity contribution >= 4 is 34.2 Å². The molecule has 0 aliphatic rings. The van der Waals surface area contributed by atoms with Crippen LogP contribution in [-0.4, -0.2) is 20.4 Å². The van der Waals surface area contributed by atoms with Gasteiger partial charge in [0.15, 0.2) is 16.7 Å². The van der Waals surface area contributed by atoms with Gasteiger partial charge in [-0.3, -0.25) is 4.72 Å². The third-order valence-corrected chi connectivity index (χ3v) is 4.01. The molecule has 0 heterocycles. The van der Waals surface area contributed by atoms with Crippen LogP contribution in [0.4, 0.5) is 14.5 Å². The molecular formula is C13H8ClF2NO4S. The summed E-state index contributed by atoms with van der Waals surface area (Å²) in [6.45, 7) is 0. The first-order chi connectivity index (χ1) is 10.3. The number of nitrogens with one attached hydrogen (secondary N) is 1. The number of phenolic OH excluding ortho intramolecular Hbond substituents is 1. The van der Waals surface area contributed by atoms with Crippen LogP contribution in [0.15, 0.2) is 35.2 Å². The van der Waals surface area contributed by atoms with Crippen molar-refractivity contribution in [3.63, 3.8) is 0 Å². The highest BCUT2D eigenvalue weighted by Crippen LogP contribution is 2.32. The van der Waals surface area contributed by atoms with Gasteiger partial charge in [0.1, 0.15) is 16.5 Å². The van der Waals surface area contributed by atoms with Crippen molar-refractivity contribution in [1.29, 1.82) is 0 Å². The van der Waals surface area contributed by atoms with Crippen LogP contribution in [0.1, 0.15) is 10.4 Å². The molecule has 0 saturated heterocycles. The maximum atomic E-state index is 13.5. The Morgan fingerprint density at radius 1 is 1.23 bits per heavy atom. The average molecular weight is 348 g/mol. The van der Waals surface area contributed by atoms with Gasteiger partial charge >= 0.3 is 5.97 Å². The molecule has 1 unspecified atom stereocenters. The van der Waals surface area contributed by atoms with Crippen LogP contribution in [0.2, 0.25) is 5.02 Å². The molecule has 0 spiro atoms. The van der Waals surface area contributed by atoms with E-state index in [-0.39, 0.29) is 21.2 Å². The number of rotatable bonds is 4. The second-order valence-corrected chi connectivity index (χ2v) is 5.69. The highest BCUT2D eigenvalue weighted by atomic mass is 35.5. The zero-order valence-electron chi connectivity index (χ0n) is 10.6. The van der Waals surface area contributed by atoms with Crippen molar-refractivity contribution in [1.82, 2.24) is 0 Å². The lowest BCUT2D eigenvalue weighted by atomic mass is 10.2. The Labute approximate surface area is 130 Å². The molecule has 0 saturated carbocycles. The molecule has 2 aromatic rings. The Morgan fingerprint density at radius 3 is 2.50 bits per heavy atom.